The first-order valence-corrected chi connectivity index (χ1v) is 6.31. The van der Waals surface area contributed by atoms with Gasteiger partial charge in [0.25, 0.3) is 5.91 Å². The number of benzene rings is 1. The van der Waals surface area contributed by atoms with Crippen molar-refractivity contribution in [1.82, 2.24) is 5.32 Å². The van der Waals surface area contributed by atoms with E-state index in [1.807, 2.05) is 0 Å². The standard InChI is InChI=1S/C12H13BrClNO3/c1-12(2,11(17)18-3)15-10(16)7-5-4-6-8(13)9(7)14/h4-6H,1-3H3,(H,15,16). The summed E-state index contributed by atoms with van der Waals surface area (Å²) >= 11 is 9.24. The summed E-state index contributed by atoms with van der Waals surface area (Å²) in [5.74, 6) is -0.960. The molecule has 6 heteroatoms. The molecule has 1 N–H and O–H groups in total. The van der Waals surface area contributed by atoms with E-state index >= 15 is 0 Å². The van der Waals surface area contributed by atoms with Crippen molar-refractivity contribution in [2.45, 2.75) is 19.4 Å². The van der Waals surface area contributed by atoms with Crippen LogP contribution in [0.5, 0.6) is 0 Å². The first-order chi connectivity index (χ1) is 8.29. The molecule has 0 heterocycles. The molecule has 0 aromatic heterocycles. The number of amides is 1. The van der Waals surface area contributed by atoms with Crippen molar-refractivity contribution < 1.29 is 14.3 Å². The van der Waals surface area contributed by atoms with Crippen molar-refractivity contribution in [3.05, 3.63) is 33.3 Å². The van der Waals surface area contributed by atoms with Crippen molar-refractivity contribution in [3.63, 3.8) is 0 Å². The molecule has 0 unspecified atom stereocenters. The minimum absolute atomic E-state index is 0.294. The topological polar surface area (TPSA) is 55.4 Å². The van der Waals surface area contributed by atoms with Crippen LogP contribution in [0.1, 0.15) is 24.2 Å². The van der Waals surface area contributed by atoms with Crippen LogP contribution in [-0.4, -0.2) is 24.5 Å². The first kappa shape index (κ1) is 15.0. The maximum absolute atomic E-state index is 12.0. The zero-order chi connectivity index (χ0) is 13.9. The molecule has 4 nitrogen and oxygen atoms in total. The molecule has 0 aliphatic carbocycles. The molecule has 18 heavy (non-hydrogen) atoms. The number of hydrogen-bond donors (Lipinski definition) is 1. The van der Waals surface area contributed by atoms with Gasteiger partial charge >= 0.3 is 5.97 Å². The van der Waals surface area contributed by atoms with Gasteiger partial charge in [-0.25, -0.2) is 4.79 Å². The van der Waals surface area contributed by atoms with Crippen molar-refractivity contribution in [3.8, 4) is 0 Å². The van der Waals surface area contributed by atoms with Gasteiger partial charge in [-0.05, 0) is 41.9 Å². The van der Waals surface area contributed by atoms with Crippen LogP contribution in [0.4, 0.5) is 0 Å². The van der Waals surface area contributed by atoms with Crippen LogP contribution >= 0.6 is 27.5 Å². The summed E-state index contributed by atoms with van der Waals surface area (Å²) < 4.78 is 5.23. The average molecular weight is 335 g/mol. The number of carbonyl (C=O) groups is 2. The van der Waals surface area contributed by atoms with Crippen LogP contribution in [0.2, 0.25) is 5.02 Å². The average Bonchev–Trinajstić information content (AvgIpc) is 2.30. The third kappa shape index (κ3) is 3.23. The van der Waals surface area contributed by atoms with E-state index in [-0.39, 0.29) is 0 Å². The molecule has 1 amide bonds. The summed E-state index contributed by atoms with van der Waals surface area (Å²) in [5.41, 5.74) is -0.819. The minimum atomic E-state index is -1.11. The first-order valence-electron chi connectivity index (χ1n) is 5.14. The van der Waals surface area contributed by atoms with Gasteiger partial charge in [-0.15, -0.1) is 0 Å². The Morgan fingerprint density at radius 3 is 2.56 bits per heavy atom. The molecule has 0 aliphatic heterocycles. The van der Waals surface area contributed by atoms with Crippen LogP contribution in [-0.2, 0) is 9.53 Å². The summed E-state index contributed by atoms with van der Waals surface area (Å²) in [6.45, 7) is 3.12. The molecule has 0 radical (unpaired) electrons. The van der Waals surface area contributed by atoms with Crippen LogP contribution in [0.25, 0.3) is 0 Å². The fourth-order valence-electron chi connectivity index (χ4n) is 1.34. The zero-order valence-corrected chi connectivity index (χ0v) is 12.6. The number of rotatable bonds is 3. The second-order valence-electron chi connectivity index (χ2n) is 4.17. The third-order valence-electron chi connectivity index (χ3n) is 2.32. The molecule has 1 aromatic rings. The summed E-state index contributed by atoms with van der Waals surface area (Å²) in [6.07, 6.45) is 0. The van der Waals surface area contributed by atoms with Crippen LogP contribution < -0.4 is 5.32 Å². The quantitative estimate of drug-likeness (QED) is 0.865. The molecule has 1 aromatic carbocycles. The van der Waals surface area contributed by atoms with Gasteiger partial charge in [0.15, 0.2) is 0 Å². The van der Waals surface area contributed by atoms with E-state index in [9.17, 15) is 9.59 Å². The van der Waals surface area contributed by atoms with Gasteiger partial charge in [-0.3, -0.25) is 4.79 Å². The van der Waals surface area contributed by atoms with Gasteiger partial charge in [-0.1, -0.05) is 17.7 Å². The number of ether oxygens (including phenoxy) is 1. The van der Waals surface area contributed by atoms with Gasteiger partial charge in [0.05, 0.1) is 17.7 Å². The van der Waals surface area contributed by atoms with Crippen molar-refractivity contribution in [2.24, 2.45) is 0 Å². The second kappa shape index (κ2) is 5.71. The Morgan fingerprint density at radius 2 is 2.00 bits per heavy atom. The van der Waals surface area contributed by atoms with E-state index in [1.54, 1.807) is 32.0 Å². The van der Waals surface area contributed by atoms with Gasteiger partial charge in [0.1, 0.15) is 5.54 Å². The Kier molecular flexibility index (Phi) is 4.76. The Morgan fingerprint density at radius 1 is 1.39 bits per heavy atom. The largest absolute Gasteiger partial charge is 0.467 e. The van der Waals surface area contributed by atoms with Gasteiger partial charge < -0.3 is 10.1 Å². The Balaban J connectivity index is 2.96. The van der Waals surface area contributed by atoms with E-state index in [0.29, 0.717) is 15.1 Å². The van der Waals surface area contributed by atoms with E-state index in [4.69, 9.17) is 11.6 Å². The lowest BCUT2D eigenvalue weighted by molar-refractivity contribution is -0.146. The lowest BCUT2D eigenvalue weighted by atomic mass is 10.1. The number of hydrogen-bond acceptors (Lipinski definition) is 3. The number of halogens is 2. The predicted molar refractivity (Wildman–Crippen MR) is 72.7 cm³/mol. The Hall–Kier alpha value is -1.07. The highest BCUT2D eigenvalue weighted by Gasteiger charge is 2.31. The molecule has 0 atom stereocenters. The summed E-state index contributed by atoms with van der Waals surface area (Å²) in [5, 5.41) is 2.87. The second-order valence-corrected chi connectivity index (χ2v) is 5.40. The van der Waals surface area contributed by atoms with Crippen LogP contribution in [0.15, 0.2) is 22.7 Å². The highest BCUT2D eigenvalue weighted by atomic mass is 79.9. The molecule has 1 rings (SSSR count). The van der Waals surface area contributed by atoms with E-state index in [0.717, 1.165) is 0 Å². The zero-order valence-electron chi connectivity index (χ0n) is 10.2. The van der Waals surface area contributed by atoms with Gasteiger partial charge in [0.2, 0.25) is 0 Å². The monoisotopic (exact) mass is 333 g/mol. The highest BCUT2D eigenvalue weighted by Crippen LogP contribution is 2.26. The maximum Gasteiger partial charge on any atom is 0.330 e. The number of carbonyl (C=O) groups excluding carboxylic acids is 2. The van der Waals surface area contributed by atoms with Crippen LogP contribution in [0.3, 0.4) is 0 Å². The maximum atomic E-state index is 12.0. The van der Waals surface area contributed by atoms with Crippen molar-refractivity contribution >= 4 is 39.4 Å². The van der Waals surface area contributed by atoms with Gasteiger partial charge in [-0.2, -0.15) is 0 Å². The molecule has 0 saturated heterocycles. The number of esters is 1. The molecular formula is C12H13BrClNO3. The SMILES string of the molecule is COC(=O)C(C)(C)NC(=O)c1cccc(Br)c1Cl. The van der Waals surface area contributed by atoms with Crippen molar-refractivity contribution in [1.29, 1.82) is 0 Å². The number of methoxy groups -OCH3 is 1. The Labute approximate surface area is 119 Å². The number of nitrogens with one attached hydrogen (secondary N) is 1. The highest BCUT2D eigenvalue weighted by molar-refractivity contribution is 9.10. The molecule has 0 bridgehead atoms. The van der Waals surface area contributed by atoms with Gasteiger partial charge in [0, 0.05) is 4.47 Å². The predicted octanol–water partition coefficient (Wildman–Crippen LogP) is 2.78. The normalized spacial score (nSPS) is 10.9. The lowest BCUT2D eigenvalue weighted by Crippen LogP contribution is -2.50. The fourth-order valence-corrected chi connectivity index (χ4v) is 1.91. The van der Waals surface area contributed by atoms with E-state index in [2.05, 4.69) is 26.0 Å². The third-order valence-corrected chi connectivity index (χ3v) is 3.61. The van der Waals surface area contributed by atoms with Crippen LogP contribution in [0, 0.1) is 0 Å². The minimum Gasteiger partial charge on any atom is -0.467 e. The molecule has 0 aliphatic rings. The molecule has 0 spiro atoms. The molecule has 0 saturated carbocycles. The smallest absolute Gasteiger partial charge is 0.330 e. The van der Waals surface area contributed by atoms with E-state index < -0.39 is 17.4 Å². The summed E-state index contributed by atoms with van der Waals surface area (Å²) in [7, 11) is 1.27. The molecular weight excluding hydrogens is 321 g/mol. The summed E-state index contributed by atoms with van der Waals surface area (Å²) in [4.78, 5) is 23.5. The Bertz CT molecular complexity index is 488. The molecule has 98 valence electrons. The molecule has 0 fully saturated rings. The van der Waals surface area contributed by atoms with Crippen molar-refractivity contribution in [2.75, 3.05) is 7.11 Å². The fraction of sp³-hybridized carbons (Fsp3) is 0.333. The lowest BCUT2D eigenvalue weighted by Gasteiger charge is -2.23. The summed E-state index contributed by atoms with van der Waals surface area (Å²) in [6, 6.07) is 5.00. The van der Waals surface area contributed by atoms with E-state index in [1.165, 1.54) is 7.11 Å².